The molecule has 2 nitrogen and oxygen atoms in total. The fraction of sp³-hybridized carbons (Fsp3) is 0.571. The van der Waals surface area contributed by atoms with Crippen LogP contribution in [-0.2, 0) is 6.54 Å². The molecule has 2 aromatic carbocycles. The van der Waals surface area contributed by atoms with Crippen LogP contribution in [0.3, 0.4) is 0 Å². The maximum atomic E-state index is 2.75. The molecule has 162 valence electrons. The minimum absolute atomic E-state index is 0.586. The topological polar surface area (TPSA) is 6.48 Å². The molecule has 2 aromatic rings. The second-order valence-corrected chi connectivity index (χ2v) is 9.54. The van der Waals surface area contributed by atoms with Crippen LogP contribution in [0, 0.1) is 0 Å². The van der Waals surface area contributed by atoms with E-state index in [2.05, 4.69) is 72.2 Å². The zero-order valence-corrected chi connectivity index (χ0v) is 19.2. The molecule has 4 rings (SSSR count). The van der Waals surface area contributed by atoms with E-state index in [1.807, 2.05) is 0 Å². The molecule has 0 bridgehead atoms. The number of unbranched alkanes of at least 4 members (excludes halogenated alkanes) is 1. The fourth-order valence-electron chi connectivity index (χ4n) is 5.42. The summed E-state index contributed by atoms with van der Waals surface area (Å²) in [6.07, 6.45) is 10.7. The van der Waals surface area contributed by atoms with Crippen molar-refractivity contribution >= 4 is 0 Å². The molecule has 0 saturated carbocycles. The summed E-state index contributed by atoms with van der Waals surface area (Å²) in [6.45, 7) is 9.60. The molecule has 2 atom stereocenters. The Balaban J connectivity index is 1.43. The van der Waals surface area contributed by atoms with Crippen LogP contribution in [0.1, 0.15) is 82.4 Å². The van der Waals surface area contributed by atoms with Crippen molar-refractivity contribution in [2.24, 2.45) is 0 Å². The van der Waals surface area contributed by atoms with Gasteiger partial charge in [0.05, 0.1) is 0 Å². The molecule has 2 aliphatic heterocycles. The Hall–Kier alpha value is -1.64. The summed E-state index contributed by atoms with van der Waals surface area (Å²) in [5.74, 6) is 0. The van der Waals surface area contributed by atoms with Gasteiger partial charge in [-0.05, 0) is 80.9 Å². The Labute approximate surface area is 184 Å². The Morgan fingerprint density at radius 3 is 2.10 bits per heavy atom. The standard InChI is InChI=1S/C28H40N2/c1-3-4-10-28(30-21-8-9-23(30)2)27-17-15-26(16-18-27)25-13-11-24(12-14-25)22-29-19-6-5-7-20-29/h11-18,23,28H,3-10,19-22H2,1-2H3/t23-,28-/m1/s1. The highest BCUT2D eigenvalue weighted by molar-refractivity contribution is 5.64. The second-order valence-electron chi connectivity index (χ2n) is 9.54. The lowest BCUT2D eigenvalue weighted by Gasteiger charge is -2.32. The Morgan fingerprint density at radius 1 is 0.833 bits per heavy atom. The summed E-state index contributed by atoms with van der Waals surface area (Å²) >= 11 is 0. The average Bonchev–Trinajstić information content (AvgIpc) is 3.21. The van der Waals surface area contributed by atoms with Gasteiger partial charge in [0.15, 0.2) is 0 Å². The monoisotopic (exact) mass is 404 g/mol. The number of piperidine rings is 1. The number of nitrogens with zero attached hydrogens (tertiary/aromatic N) is 2. The third kappa shape index (κ3) is 5.34. The first-order valence-electron chi connectivity index (χ1n) is 12.4. The number of rotatable bonds is 8. The molecular formula is C28H40N2. The van der Waals surface area contributed by atoms with E-state index in [0.29, 0.717) is 6.04 Å². The van der Waals surface area contributed by atoms with Crippen molar-refractivity contribution in [3.05, 3.63) is 59.7 Å². The van der Waals surface area contributed by atoms with Crippen LogP contribution in [0.25, 0.3) is 11.1 Å². The normalized spacial score (nSPS) is 21.7. The van der Waals surface area contributed by atoms with Crippen LogP contribution in [-0.4, -0.2) is 35.5 Å². The highest BCUT2D eigenvalue weighted by Gasteiger charge is 2.28. The quantitative estimate of drug-likeness (QED) is 0.465. The molecule has 2 heteroatoms. The summed E-state index contributed by atoms with van der Waals surface area (Å²) in [4.78, 5) is 5.35. The molecule has 2 saturated heterocycles. The van der Waals surface area contributed by atoms with Crippen LogP contribution < -0.4 is 0 Å². The lowest BCUT2D eigenvalue weighted by molar-refractivity contribution is 0.178. The highest BCUT2D eigenvalue weighted by atomic mass is 15.2. The summed E-state index contributed by atoms with van der Waals surface area (Å²) in [6, 6.07) is 20.1. The molecule has 2 fully saturated rings. The van der Waals surface area contributed by atoms with Crippen LogP contribution in [0.15, 0.2) is 48.5 Å². The molecule has 2 heterocycles. The van der Waals surface area contributed by atoms with Crippen molar-refractivity contribution in [1.29, 1.82) is 0 Å². The van der Waals surface area contributed by atoms with Gasteiger partial charge in [0, 0.05) is 18.6 Å². The van der Waals surface area contributed by atoms with E-state index in [0.717, 1.165) is 12.6 Å². The van der Waals surface area contributed by atoms with E-state index < -0.39 is 0 Å². The van der Waals surface area contributed by atoms with Gasteiger partial charge in [-0.3, -0.25) is 9.80 Å². The second kappa shape index (κ2) is 10.6. The van der Waals surface area contributed by atoms with Crippen molar-refractivity contribution in [3.63, 3.8) is 0 Å². The number of hydrogen-bond acceptors (Lipinski definition) is 2. The smallest absolute Gasteiger partial charge is 0.0350 e. The molecule has 0 aliphatic carbocycles. The van der Waals surface area contributed by atoms with Gasteiger partial charge in [0.2, 0.25) is 0 Å². The van der Waals surface area contributed by atoms with Gasteiger partial charge >= 0.3 is 0 Å². The molecule has 0 unspecified atom stereocenters. The predicted octanol–water partition coefficient (Wildman–Crippen LogP) is 7.06. The first-order chi connectivity index (χ1) is 14.7. The molecule has 0 amide bonds. The third-order valence-electron chi connectivity index (χ3n) is 7.27. The lowest BCUT2D eigenvalue weighted by atomic mass is 9.96. The van der Waals surface area contributed by atoms with Crippen molar-refractivity contribution in [1.82, 2.24) is 9.80 Å². The van der Waals surface area contributed by atoms with E-state index in [-0.39, 0.29) is 0 Å². The van der Waals surface area contributed by atoms with Crippen LogP contribution in [0.4, 0.5) is 0 Å². The largest absolute Gasteiger partial charge is 0.299 e. The molecular weight excluding hydrogens is 364 g/mol. The fourth-order valence-corrected chi connectivity index (χ4v) is 5.42. The van der Waals surface area contributed by atoms with Crippen molar-refractivity contribution in [3.8, 4) is 11.1 Å². The SMILES string of the molecule is CCCC[C@H](c1ccc(-c2ccc(CN3CCCCC3)cc2)cc1)N1CCC[C@H]1C. The van der Waals surface area contributed by atoms with Gasteiger partial charge < -0.3 is 0 Å². The van der Waals surface area contributed by atoms with E-state index in [4.69, 9.17) is 0 Å². The minimum atomic E-state index is 0.586. The van der Waals surface area contributed by atoms with Crippen molar-refractivity contribution in [2.75, 3.05) is 19.6 Å². The maximum Gasteiger partial charge on any atom is 0.0350 e. The van der Waals surface area contributed by atoms with Crippen LogP contribution >= 0.6 is 0 Å². The van der Waals surface area contributed by atoms with E-state index in [9.17, 15) is 0 Å². The highest BCUT2D eigenvalue weighted by Crippen LogP contribution is 2.34. The Kier molecular flexibility index (Phi) is 7.62. The zero-order valence-electron chi connectivity index (χ0n) is 19.2. The molecule has 0 N–H and O–H groups in total. The van der Waals surface area contributed by atoms with Gasteiger partial charge in [-0.2, -0.15) is 0 Å². The zero-order chi connectivity index (χ0) is 20.8. The maximum absolute atomic E-state index is 2.75. The number of hydrogen-bond donors (Lipinski definition) is 0. The van der Waals surface area contributed by atoms with Crippen LogP contribution in [0.2, 0.25) is 0 Å². The van der Waals surface area contributed by atoms with Gasteiger partial charge in [0.1, 0.15) is 0 Å². The Morgan fingerprint density at radius 2 is 1.50 bits per heavy atom. The lowest BCUT2D eigenvalue weighted by Crippen LogP contribution is -2.31. The average molecular weight is 405 g/mol. The van der Waals surface area contributed by atoms with Gasteiger partial charge in [-0.15, -0.1) is 0 Å². The van der Waals surface area contributed by atoms with Gasteiger partial charge in [-0.1, -0.05) is 74.7 Å². The molecule has 30 heavy (non-hydrogen) atoms. The van der Waals surface area contributed by atoms with Crippen molar-refractivity contribution in [2.45, 2.75) is 83.8 Å². The third-order valence-corrected chi connectivity index (χ3v) is 7.27. The Bertz CT molecular complexity index is 758. The van der Waals surface area contributed by atoms with Crippen molar-refractivity contribution < 1.29 is 0 Å². The van der Waals surface area contributed by atoms with Gasteiger partial charge in [0.25, 0.3) is 0 Å². The van der Waals surface area contributed by atoms with Gasteiger partial charge in [-0.25, -0.2) is 0 Å². The predicted molar refractivity (Wildman–Crippen MR) is 129 cm³/mol. The first kappa shape index (κ1) is 21.6. The molecule has 2 aliphatic rings. The van der Waals surface area contributed by atoms with E-state index in [1.165, 1.54) is 93.3 Å². The number of likely N-dealkylation sites (tertiary alicyclic amines) is 2. The van der Waals surface area contributed by atoms with Crippen LogP contribution in [0.5, 0.6) is 0 Å². The van der Waals surface area contributed by atoms with E-state index in [1.54, 1.807) is 0 Å². The molecule has 0 radical (unpaired) electrons. The summed E-state index contributed by atoms with van der Waals surface area (Å²) in [7, 11) is 0. The molecule has 0 spiro atoms. The number of benzene rings is 2. The minimum Gasteiger partial charge on any atom is -0.299 e. The first-order valence-corrected chi connectivity index (χ1v) is 12.4. The summed E-state index contributed by atoms with van der Waals surface area (Å²) in [5.41, 5.74) is 5.62. The van der Waals surface area contributed by atoms with E-state index >= 15 is 0 Å². The summed E-state index contributed by atoms with van der Waals surface area (Å²) in [5, 5.41) is 0. The summed E-state index contributed by atoms with van der Waals surface area (Å²) < 4.78 is 0. The molecule has 0 aromatic heterocycles.